The number of nitrogens with one attached hydrogen (secondary N) is 2. The summed E-state index contributed by atoms with van der Waals surface area (Å²) in [5.41, 5.74) is 1.62. The van der Waals surface area contributed by atoms with Gasteiger partial charge in [-0.15, -0.1) is 10.2 Å². The summed E-state index contributed by atoms with van der Waals surface area (Å²) in [6, 6.07) is 16.0. The number of amides is 1. The van der Waals surface area contributed by atoms with Crippen LogP contribution in [0.25, 0.3) is 0 Å². The number of rotatable bonds is 7. The van der Waals surface area contributed by atoms with Crippen molar-refractivity contribution in [2.75, 3.05) is 24.9 Å². The first-order chi connectivity index (χ1) is 13.6. The van der Waals surface area contributed by atoms with Crippen LogP contribution in [0.3, 0.4) is 0 Å². The van der Waals surface area contributed by atoms with Crippen LogP contribution in [0, 0.1) is 0 Å². The van der Waals surface area contributed by atoms with Gasteiger partial charge in [0.25, 0.3) is 0 Å². The maximum Gasteiger partial charge on any atom is 0.229 e. The number of nitrogens with zero attached hydrogens (tertiary/aromatic N) is 2. The molecule has 0 saturated carbocycles. The third-order valence-electron chi connectivity index (χ3n) is 3.88. The lowest BCUT2D eigenvalue weighted by Gasteiger charge is -2.09. The first-order valence-electron chi connectivity index (χ1n) is 8.44. The molecule has 8 heteroatoms. The summed E-state index contributed by atoms with van der Waals surface area (Å²) in [5, 5.41) is 14.4. The maximum atomic E-state index is 12.2. The van der Waals surface area contributed by atoms with Crippen molar-refractivity contribution >= 4 is 34.8 Å². The lowest BCUT2D eigenvalue weighted by molar-refractivity contribution is -0.115. The number of halogens is 1. The zero-order valence-electron chi connectivity index (χ0n) is 15.4. The minimum atomic E-state index is -0.179. The van der Waals surface area contributed by atoms with E-state index in [4.69, 9.17) is 21.1 Å². The van der Waals surface area contributed by atoms with Crippen LogP contribution in [-0.2, 0) is 11.2 Å². The van der Waals surface area contributed by atoms with Crippen LogP contribution in [0.15, 0.2) is 54.6 Å². The molecule has 7 nitrogen and oxygen atoms in total. The first kappa shape index (κ1) is 19.4. The Morgan fingerprint density at radius 1 is 0.964 bits per heavy atom. The Hall–Kier alpha value is -3.32. The van der Waals surface area contributed by atoms with Gasteiger partial charge in [-0.1, -0.05) is 23.7 Å². The molecule has 1 heterocycles. The summed E-state index contributed by atoms with van der Waals surface area (Å²) in [7, 11) is 3.16. The van der Waals surface area contributed by atoms with Crippen LogP contribution in [0.5, 0.6) is 11.5 Å². The molecule has 0 unspecified atom stereocenters. The zero-order valence-corrected chi connectivity index (χ0v) is 16.2. The lowest BCUT2D eigenvalue weighted by Crippen LogP contribution is -2.15. The summed E-state index contributed by atoms with van der Waals surface area (Å²) in [5.74, 6) is 2.05. The second-order valence-electron chi connectivity index (χ2n) is 5.85. The van der Waals surface area contributed by atoms with E-state index in [0.717, 1.165) is 17.0 Å². The van der Waals surface area contributed by atoms with Crippen molar-refractivity contribution < 1.29 is 14.3 Å². The van der Waals surface area contributed by atoms with Gasteiger partial charge in [0, 0.05) is 5.69 Å². The molecule has 0 atom stereocenters. The molecule has 28 heavy (non-hydrogen) atoms. The number of methoxy groups -OCH3 is 2. The normalized spacial score (nSPS) is 10.2. The molecular weight excluding hydrogens is 380 g/mol. The molecule has 0 aliphatic carbocycles. The monoisotopic (exact) mass is 398 g/mol. The molecular formula is C20H19ClN4O3. The number of carbonyl (C=O) groups excluding carboxylic acids is 1. The van der Waals surface area contributed by atoms with E-state index in [1.54, 1.807) is 38.5 Å². The highest BCUT2D eigenvalue weighted by Crippen LogP contribution is 2.28. The number of hydrogen-bond donors (Lipinski definition) is 2. The van der Waals surface area contributed by atoms with E-state index in [1.807, 2.05) is 30.3 Å². The first-order valence-corrected chi connectivity index (χ1v) is 8.82. The molecule has 0 fully saturated rings. The van der Waals surface area contributed by atoms with Crippen molar-refractivity contribution in [3.63, 3.8) is 0 Å². The van der Waals surface area contributed by atoms with Gasteiger partial charge in [0.2, 0.25) is 5.91 Å². The van der Waals surface area contributed by atoms with Crippen LogP contribution in [0.4, 0.5) is 17.3 Å². The van der Waals surface area contributed by atoms with Crippen molar-refractivity contribution in [2.45, 2.75) is 6.42 Å². The van der Waals surface area contributed by atoms with Gasteiger partial charge < -0.3 is 20.1 Å². The highest BCUT2D eigenvalue weighted by Gasteiger charge is 2.07. The van der Waals surface area contributed by atoms with Crippen molar-refractivity contribution in [1.29, 1.82) is 0 Å². The van der Waals surface area contributed by atoms with Crippen LogP contribution in [-0.4, -0.2) is 30.3 Å². The zero-order chi connectivity index (χ0) is 19.9. The third kappa shape index (κ3) is 5.11. The quantitative estimate of drug-likeness (QED) is 0.624. The summed E-state index contributed by atoms with van der Waals surface area (Å²) >= 11 is 6.11. The van der Waals surface area contributed by atoms with E-state index in [0.29, 0.717) is 22.4 Å². The van der Waals surface area contributed by atoms with E-state index in [-0.39, 0.29) is 12.3 Å². The van der Waals surface area contributed by atoms with Gasteiger partial charge in [-0.2, -0.15) is 0 Å². The van der Waals surface area contributed by atoms with Crippen molar-refractivity contribution in [2.24, 2.45) is 0 Å². The average Bonchev–Trinajstić information content (AvgIpc) is 2.70. The number of aromatic nitrogens is 2. The van der Waals surface area contributed by atoms with Gasteiger partial charge in [-0.3, -0.25) is 4.79 Å². The second kappa shape index (κ2) is 9.05. The molecule has 0 radical (unpaired) electrons. The molecule has 2 N–H and O–H groups in total. The third-order valence-corrected chi connectivity index (χ3v) is 4.18. The summed E-state index contributed by atoms with van der Waals surface area (Å²) in [4.78, 5) is 12.2. The molecule has 3 aromatic rings. The number of ether oxygens (including phenoxy) is 2. The maximum absolute atomic E-state index is 12.2. The average molecular weight is 399 g/mol. The fourth-order valence-electron chi connectivity index (χ4n) is 2.47. The Morgan fingerprint density at radius 3 is 2.29 bits per heavy atom. The molecule has 0 spiro atoms. The fraction of sp³-hybridized carbons (Fsp3) is 0.150. The standard InChI is InChI=1S/C20H19ClN4O3/c1-27-15-6-3-13(4-7-15)11-20(26)23-19-10-9-18(24-25-19)22-14-5-8-17(28-2)16(21)12-14/h3-10,12H,11H2,1-2H3,(H,22,24)(H,23,25,26). The molecule has 1 aromatic heterocycles. The summed E-state index contributed by atoms with van der Waals surface area (Å²) in [6.07, 6.45) is 0.232. The van der Waals surface area contributed by atoms with Gasteiger partial charge in [-0.25, -0.2) is 0 Å². The van der Waals surface area contributed by atoms with Crippen LogP contribution in [0.2, 0.25) is 5.02 Å². The summed E-state index contributed by atoms with van der Waals surface area (Å²) in [6.45, 7) is 0. The number of hydrogen-bond acceptors (Lipinski definition) is 6. The summed E-state index contributed by atoms with van der Waals surface area (Å²) < 4.78 is 10.2. The van der Waals surface area contributed by atoms with Crippen molar-refractivity contribution in [3.05, 3.63) is 65.2 Å². The van der Waals surface area contributed by atoms with Gasteiger partial charge in [-0.05, 0) is 48.0 Å². The van der Waals surface area contributed by atoms with Gasteiger partial charge in [0.15, 0.2) is 11.6 Å². The Morgan fingerprint density at radius 2 is 1.68 bits per heavy atom. The predicted molar refractivity (Wildman–Crippen MR) is 109 cm³/mol. The van der Waals surface area contributed by atoms with E-state index >= 15 is 0 Å². The van der Waals surface area contributed by atoms with E-state index in [1.165, 1.54) is 0 Å². The van der Waals surface area contributed by atoms with Gasteiger partial charge in [0.05, 0.1) is 25.7 Å². The lowest BCUT2D eigenvalue weighted by atomic mass is 10.1. The SMILES string of the molecule is COc1ccc(CC(=O)Nc2ccc(Nc3ccc(OC)c(Cl)c3)nn2)cc1. The van der Waals surface area contributed by atoms with Crippen LogP contribution < -0.4 is 20.1 Å². The number of carbonyl (C=O) groups is 1. The smallest absolute Gasteiger partial charge is 0.229 e. The number of benzene rings is 2. The molecule has 3 rings (SSSR count). The molecule has 0 bridgehead atoms. The Kier molecular flexibility index (Phi) is 6.29. The Labute approximate surface area is 167 Å². The number of anilines is 3. The predicted octanol–water partition coefficient (Wildman–Crippen LogP) is 4.07. The fourth-order valence-corrected chi connectivity index (χ4v) is 2.73. The molecule has 2 aromatic carbocycles. The van der Waals surface area contributed by atoms with Crippen molar-refractivity contribution in [3.8, 4) is 11.5 Å². The van der Waals surface area contributed by atoms with Crippen molar-refractivity contribution in [1.82, 2.24) is 10.2 Å². The van der Waals surface area contributed by atoms with Gasteiger partial charge >= 0.3 is 0 Å². The second-order valence-corrected chi connectivity index (χ2v) is 6.26. The minimum absolute atomic E-state index is 0.179. The molecule has 0 aliphatic rings. The van der Waals surface area contributed by atoms with Gasteiger partial charge in [0.1, 0.15) is 11.5 Å². The van der Waals surface area contributed by atoms with Crippen LogP contribution >= 0.6 is 11.6 Å². The highest BCUT2D eigenvalue weighted by molar-refractivity contribution is 6.32. The van der Waals surface area contributed by atoms with Crippen LogP contribution in [0.1, 0.15) is 5.56 Å². The van der Waals surface area contributed by atoms with E-state index in [2.05, 4.69) is 20.8 Å². The molecule has 0 aliphatic heterocycles. The molecule has 1 amide bonds. The Balaban J connectivity index is 1.57. The molecule has 144 valence electrons. The Bertz CT molecular complexity index is 947. The largest absolute Gasteiger partial charge is 0.497 e. The van der Waals surface area contributed by atoms with E-state index in [9.17, 15) is 4.79 Å². The molecule has 0 saturated heterocycles. The minimum Gasteiger partial charge on any atom is -0.497 e. The topological polar surface area (TPSA) is 85.4 Å². The van der Waals surface area contributed by atoms with E-state index < -0.39 is 0 Å². The highest BCUT2D eigenvalue weighted by atomic mass is 35.5.